The van der Waals surface area contributed by atoms with Crippen molar-refractivity contribution in [1.29, 1.82) is 0 Å². The van der Waals surface area contributed by atoms with E-state index >= 15 is 0 Å². The van der Waals surface area contributed by atoms with Crippen LogP contribution in [-0.2, 0) is 9.53 Å². The van der Waals surface area contributed by atoms with Crippen LogP contribution >= 0.6 is 0 Å². The van der Waals surface area contributed by atoms with Crippen LogP contribution in [0.1, 0.15) is 28.9 Å². The number of aryl methyl sites for hydroxylation is 1. The van der Waals surface area contributed by atoms with Crippen molar-refractivity contribution in [2.45, 2.75) is 25.3 Å². The average molecular weight is 280 g/mol. The fourth-order valence-corrected chi connectivity index (χ4v) is 2.15. The van der Waals surface area contributed by atoms with Gasteiger partial charge in [-0.1, -0.05) is 0 Å². The first-order chi connectivity index (χ1) is 9.44. The number of pyridine rings is 1. The minimum atomic E-state index is -1.37. The van der Waals surface area contributed by atoms with Crippen LogP contribution in [0.3, 0.4) is 0 Å². The molecule has 0 atom stereocenters. The second-order valence-corrected chi connectivity index (χ2v) is 4.85. The number of amides is 1. The Morgan fingerprint density at radius 3 is 2.60 bits per heavy atom. The third-order valence-electron chi connectivity index (χ3n) is 3.41. The maximum Gasteiger partial charge on any atom is 0.329 e. The minimum Gasteiger partial charge on any atom is -0.480 e. The van der Waals surface area contributed by atoms with Crippen LogP contribution in [-0.4, -0.2) is 40.7 Å². The van der Waals surface area contributed by atoms with Crippen molar-refractivity contribution < 1.29 is 19.4 Å². The topological polar surface area (TPSA) is 108 Å². The van der Waals surface area contributed by atoms with Gasteiger partial charge in [-0.15, -0.1) is 0 Å². The average Bonchev–Trinajstić information content (AvgIpc) is 2.39. The lowest BCUT2D eigenvalue weighted by molar-refractivity contribution is -0.148. The predicted octanol–water partition coefficient (Wildman–Crippen LogP) is 0.0469. The molecule has 0 unspecified atom stereocenters. The van der Waals surface area contributed by atoms with Crippen LogP contribution < -0.4 is 10.7 Å². The Labute approximate surface area is 115 Å². The summed E-state index contributed by atoms with van der Waals surface area (Å²) in [6, 6.07) is 1.30. The normalized spacial score (nSPS) is 17.4. The Morgan fingerprint density at radius 1 is 1.40 bits per heavy atom. The van der Waals surface area contributed by atoms with E-state index in [1.807, 2.05) is 0 Å². The van der Waals surface area contributed by atoms with Gasteiger partial charge in [0.1, 0.15) is 11.1 Å². The Kier molecular flexibility index (Phi) is 3.89. The molecule has 1 aromatic heterocycles. The van der Waals surface area contributed by atoms with Crippen LogP contribution in [0.25, 0.3) is 0 Å². The second-order valence-electron chi connectivity index (χ2n) is 4.85. The highest BCUT2D eigenvalue weighted by Crippen LogP contribution is 2.21. The van der Waals surface area contributed by atoms with Crippen molar-refractivity contribution in [3.8, 4) is 0 Å². The maximum absolute atomic E-state index is 12.1. The number of ether oxygens (including phenoxy) is 1. The molecule has 0 bridgehead atoms. The molecule has 1 aliphatic rings. The number of rotatable bonds is 3. The van der Waals surface area contributed by atoms with Crippen molar-refractivity contribution in [3.63, 3.8) is 0 Å². The quantitative estimate of drug-likeness (QED) is 0.724. The number of nitrogens with one attached hydrogen (secondary N) is 2. The summed E-state index contributed by atoms with van der Waals surface area (Å²) < 4.78 is 5.12. The zero-order valence-corrected chi connectivity index (χ0v) is 11.1. The Hall–Kier alpha value is -2.15. The number of carbonyl (C=O) groups excluding carboxylic acids is 1. The molecule has 3 N–H and O–H groups in total. The lowest BCUT2D eigenvalue weighted by Gasteiger charge is -2.33. The van der Waals surface area contributed by atoms with E-state index in [2.05, 4.69) is 10.3 Å². The first-order valence-electron chi connectivity index (χ1n) is 6.28. The fourth-order valence-electron chi connectivity index (χ4n) is 2.15. The van der Waals surface area contributed by atoms with E-state index in [0.29, 0.717) is 5.69 Å². The Morgan fingerprint density at radius 2 is 2.05 bits per heavy atom. The number of carboxylic acid groups (broad SMARTS) is 1. The van der Waals surface area contributed by atoms with Gasteiger partial charge in [0.2, 0.25) is 0 Å². The molecule has 0 radical (unpaired) electrons. The molecule has 0 aliphatic carbocycles. The number of aromatic amines is 1. The minimum absolute atomic E-state index is 0.0947. The van der Waals surface area contributed by atoms with Gasteiger partial charge >= 0.3 is 5.97 Å². The highest BCUT2D eigenvalue weighted by molar-refractivity contribution is 5.97. The lowest BCUT2D eigenvalue weighted by atomic mass is 9.90. The summed E-state index contributed by atoms with van der Waals surface area (Å²) in [5, 5.41) is 11.8. The molecule has 2 rings (SSSR count). The van der Waals surface area contributed by atoms with Crippen molar-refractivity contribution in [2.75, 3.05) is 13.2 Å². The van der Waals surface area contributed by atoms with Crippen LogP contribution in [0.4, 0.5) is 0 Å². The molecule has 7 heteroatoms. The first kappa shape index (κ1) is 14.3. The molecule has 1 aliphatic heterocycles. The molecule has 7 nitrogen and oxygen atoms in total. The fraction of sp³-hybridized carbons (Fsp3) is 0.462. The number of aliphatic carboxylic acids is 1. The molecular formula is C13H16N2O5. The zero-order valence-electron chi connectivity index (χ0n) is 11.1. The van der Waals surface area contributed by atoms with Crippen LogP contribution in [0.2, 0.25) is 0 Å². The molecule has 1 saturated heterocycles. The van der Waals surface area contributed by atoms with Crippen molar-refractivity contribution in [3.05, 3.63) is 33.7 Å². The van der Waals surface area contributed by atoms with Crippen molar-refractivity contribution >= 4 is 11.9 Å². The number of aromatic nitrogens is 1. The van der Waals surface area contributed by atoms with E-state index in [4.69, 9.17) is 4.74 Å². The number of carboxylic acids is 1. The molecule has 20 heavy (non-hydrogen) atoms. The summed E-state index contributed by atoms with van der Waals surface area (Å²) in [7, 11) is 0. The smallest absolute Gasteiger partial charge is 0.329 e. The van der Waals surface area contributed by atoms with Gasteiger partial charge in [0.05, 0.1) is 0 Å². The van der Waals surface area contributed by atoms with Crippen LogP contribution in [0.15, 0.2) is 17.1 Å². The summed E-state index contributed by atoms with van der Waals surface area (Å²) in [4.78, 5) is 38.1. The van der Waals surface area contributed by atoms with Crippen LogP contribution in [0, 0.1) is 6.92 Å². The first-order valence-corrected chi connectivity index (χ1v) is 6.28. The van der Waals surface area contributed by atoms with Gasteiger partial charge in [-0.2, -0.15) is 0 Å². The van der Waals surface area contributed by atoms with Gasteiger partial charge < -0.3 is 20.1 Å². The molecule has 0 aromatic carbocycles. The summed E-state index contributed by atoms with van der Waals surface area (Å²) in [6.45, 7) is 2.22. The maximum atomic E-state index is 12.1. The van der Waals surface area contributed by atoms with Gasteiger partial charge in [-0.3, -0.25) is 9.59 Å². The Balaban J connectivity index is 2.24. The summed E-state index contributed by atoms with van der Waals surface area (Å²) in [5.74, 6) is -1.80. The highest BCUT2D eigenvalue weighted by atomic mass is 16.5. The molecule has 0 saturated carbocycles. The van der Waals surface area contributed by atoms with E-state index < -0.39 is 22.8 Å². The van der Waals surface area contributed by atoms with Gasteiger partial charge in [0, 0.05) is 44.0 Å². The van der Waals surface area contributed by atoms with E-state index in [0.717, 1.165) is 0 Å². The monoisotopic (exact) mass is 280 g/mol. The summed E-state index contributed by atoms with van der Waals surface area (Å²) >= 11 is 0. The summed E-state index contributed by atoms with van der Waals surface area (Å²) in [6.07, 6.45) is 1.65. The number of H-pyrrole nitrogens is 1. The number of hydrogen-bond acceptors (Lipinski definition) is 4. The summed E-state index contributed by atoms with van der Waals surface area (Å²) in [5.41, 5.74) is -1.27. The van der Waals surface area contributed by atoms with Crippen LogP contribution in [0.5, 0.6) is 0 Å². The van der Waals surface area contributed by atoms with Crippen molar-refractivity contribution in [2.24, 2.45) is 0 Å². The van der Waals surface area contributed by atoms with E-state index in [-0.39, 0.29) is 31.6 Å². The SMILES string of the molecule is Cc1cc(=O)c(C(=O)NC2(C(=O)O)CCOCC2)c[nH]1. The van der Waals surface area contributed by atoms with Gasteiger partial charge in [-0.05, 0) is 6.92 Å². The van der Waals surface area contributed by atoms with E-state index in [9.17, 15) is 19.5 Å². The lowest BCUT2D eigenvalue weighted by Crippen LogP contribution is -2.58. The molecule has 0 spiro atoms. The van der Waals surface area contributed by atoms with Gasteiger partial charge in [0.25, 0.3) is 5.91 Å². The Bertz CT molecular complexity index is 587. The molecule has 108 valence electrons. The molecular weight excluding hydrogens is 264 g/mol. The molecule has 1 aromatic rings. The third kappa shape index (κ3) is 2.72. The second kappa shape index (κ2) is 5.46. The molecule has 1 fully saturated rings. The zero-order chi connectivity index (χ0) is 14.8. The number of hydrogen-bond donors (Lipinski definition) is 3. The van der Waals surface area contributed by atoms with Crippen molar-refractivity contribution in [1.82, 2.24) is 10.3 Å². The molecule has 2 heterocycles. The standard InChI is InChI=1S/C13H16N2O5/c1-8-6-10(16)9(7-14-8)11(17)15-13(12(18)19)2-4-20-5-3-13/h6-7H,2-5H2,1H3,(H,14,16)(H,15,17)(H,18,19). The molecule has 1 amide bonds. The van der Waals surface area contributed by atoms with E-state index in [1.165, 1.54) is 12.3 Å². The van der Waals surface area contributed by atoms with E-state index in [1.54, 1.807) is 6.92 Å². The highest BCUT2D eigenvalue weighted by Gasteiger charge is 2.42. The predicted molar refractivity (Wildman–Crippen MR) is 69.7 cm³/mol. The number of carbonyl (C=O) groups is 2. The van der Waals surface area contributed by atoms with Gasteiger partial charge in [-0.25, -0.2) is 4.79 Å². The van der Waals surface area contributed by atoms with Gasteiger partial charge in [0.15, 0.2) is 5.43 Å². The largest absolute Gasteiger partial charge is 0.480 e. The third-order valence-corrected chi connectivity index (χ3v) is 3.41.